The zero-order valence-electron chi connectivity index (χ0n) is 14.4. The summed E-state index contributed by atoms with van der Waals surface area (Å²) >= 11 is 0. The van der Waals surface area contributed by atoms with E-state index >= 15 is 0 Å². The number of hydrogen-bond donors (Lipinski definition) is 0. The zero-order chi connectivity index (χ0) is 17.5. The Morgan fingerprint density at radius 3 is 2.68 bits per heavy atom. The van der Waals surface area contributed by atoms with Gasteiger partial charge >= 0.3 is 0 Å². The third-order valence-corrected chi connectivity index (χ3v) is 4.16. The summed E-state index contributed by atoms with van der Waals surface area (Å²) in [5.74, 6) is 0.772. The van der Waals surface area contributed by atoms with Crippen LogP contribution >= 0.6 is 0 Å². The van der Waals surface area contributed by atoms with Crippen LogP contribution in [0.1, 0.15) is 16.1 Å². The molecule has 2 aromatic rings. The number of benzene rings is 1. The molecule has 0 N–H and O–H groups in total. The van der Waals surface area contributed by atoms with Gasteiger partial charge in [-0.2, -0.15) is 5.10 Å². The minimum absolute atomic E-state index is 0.0640. The smallest absolute Gasteiger partial charge is 0.203 e. The van der Waals surface area contributed by atoms with E-state index in [1.54, 1.807) is 36.1 Å². The van der Waals surface area contributed by atoms with Gasteiger partial charge in [0.15, 0.2) is 0 Å². The molecule has 0 saturated carbocycles. The first-order valence-corrected chi connectivity index (χ1v) is 8.46. The third kappa shape index (κ3) is 5.01. The lowest BCUT2D eigenvalue weighted by Gasteiger charge is -2.26. The minimum atomic E-state index is -0.0640. The van der Waals surface area contributed by atoms with E-state index in [4.69, 9.17) is 9.47 Å². The second kappa shape index (κ2) is 8.60. The highest BCUT2D eigenvalue weighted by Crippen LogP contribution is 2.14. The number of ketones is 1. The van der Waals surface area contributed by atoms with E-state index < -0.39 is 0 Å². The van der Waals surface area contributed by atoms with E-state index in [-0.39, 0.29) is 5.78 Å². The summed E-state index contributed by atoms with van der Waals surface area (Å²) in [5.41, 5.74) is 1.52. The molecule has 0 spiro atoms. The molecule has 6 nitrogen and oxygen atoms in total. The number of morpholine rings is 1. The van der Waals surface area contributed by atoms with Crippen molar-refractivity contribution in [1.29, 1.82) is 0 Å². The highest BCUT2D eigenvalue weighted by atomic mass is 16.5. The zero-order valence-corrected chi connectivity index (χ0v) is 14.4. The molecule has 0 unspecified atom stereocenters. The molecule has 1 aromatic carbocycles. The number of nitrogens with zero attached hydrogens (tertiary/aromatic N) is 3. The van der Waals surface area contributed by atoms with Crippen molar-refractivity contribution in [2.45, 2.75) is 0 Å². The maximum absolute atomic E-state index is 12.1. The Morgan fingerprint density at radius 2 is 2.00 bits per heavy atom. The summed E-state index contributed by atoms with van der Waals surface area (Å²) in [6, 6.07) is 9.44. The molecule has 1 aliphatic heterocycles. The summed E-state index contributed by atoms with van der Waals surface area (Å²) in [5, 5.41) is 4.00. The van der Waals surface area contributed by atoms with Crippen LogP contribution in [0.3, 0.4) is 0 Å². The Hall–Kier alpha value is -2.44. The van der Waals surface area contributed by atoms with Crippen LogP contribution in [0, 0.1) is 0 Å². The number of allylic oxidation sites excluding steroid dienone is 1. The molecule has 0 atom stereocenters. The second-order valence-corrected chi connectivity index (χ2v) is 5.91. The maximum atomic E-state index is 12.1. The average molecular weight is 341 g/mol. The molecular formula is C19H23N3O3. The number of aromatic nitrogens is 2. The molecule has 1 aliphatic rings. The fourth-order valence-corrected chi connectivity index (χ4v) is 2.67. The quantitative estimate of drug-likeness (QED) is 0.570. The number of carbonyl (C=O) groups excluding carboxylic acids is 1. The van der Waals surface area contributed by atoms with Crippen LogP contribution in [-0.2, 0) is 11.8 Å². The lowest BCUT2D eigenvalue weighted by molar-refractivity contribution is 0.0322. The van der Waals surface area contributed by atoms with Gasteiger partial charge in [-0.1, -0.05) is 18.2 Å². The summed E-state index contributed by atoms with van der Waals surface area (Å²) in [4.78, 5) is 14.4. The lowest BCUT2D eigenvalue weighted by atomic mass is 10.1. The van der Waals surface area contributed by atoms with Gasteiger partial charge in [-0.15, -0.1) is 0 Å². The Morgan fingerprint density at radius 1 is 1.24 bits per heavy atom. The van der Waals surface area contributed by atoms with Crippen LogP contribution in [0.2, 0.25) is 0 Å². The molecule has 1 fully saturated rings. The fraction of sp³-hybridized carbons (Fsp3) is 0.368. The predicted molar refractivity (Wildman–Crippen MR) is 95.8 cm³/mol. The third-order valence-electron chi connectivity index (χ3n) is 4.16. The van der Waals surface area contributed by atoms with Crippen molar-refractivity contribution >= 4 is 11.9 Å². The van der Waals surface area contributed by atoms with Gasteiger partial charge in [-0.3, -0.25) is 14.4 Å². The second-order valence-electron chi connectivity index (χ2n) is 5.91. The Labute approximate surface area is 147 Å². The van der Waals surface area contributed by atoms with Crippen molar-refractivity contribution in [2.75, 3.05) is 39.5 Å². The molecule has 132 valence electrons. The van der Waals surface area contributed by atoms with Crippen molar-refractivity contribution in [1.82, 2.24) is 14.7 Å². The molecule has 0 aliphatic carbocycles. The largest absolute Gasteiger partial charge is 0.492 e. The van der Waals surface area contributed by atoms with E-state index in [0.717, 1.165) is 44.2 Å². The highest BCUT2D eigenvalue weighted by Gasteiger charge is 2.09. The Balaban J connectivity index is 1.47. The predicted octanol–water partition coefficient (Wildman–Crippen LogP) is 2.03. The van der Waals surface area contributed by atoms with Crippen molar-refractivity contribution in [3.8, 4) is 5.75 Å². The molecule has 2 heterocycles. The first-order valence-electron chi connectivity index (χ1n) is 8.46. The van der Waals surface area contributed by atoms with Crippen molar-refractivity contribution in [2.24, 2.45) is 7.05 Å². The van der Waals surface area contributed by atoms with Crippen LogP contribution in [0.5, 0.6) is 5.75 Å². The van der Waals surface area contributed by atoms with Crippen molar-refractivity contribution < 1.29 is 14.3 Å². The molecule has 3 rings (SSSR count). The van der Waals surface area contributed by atoms with E-state index in [1.807, 2.05) is 24.3 Å². The van der Waals surface area contributed by atoms with Crippen LogP contribution in [-0.4, -0.2) is 59.9 Å². The number of carbonyl (C=O) groups is 1. The molecule has 6 heteroatoms. The van der Waals surface area contributed by atoms with Crippen LogP contribution < -0.4 is 4.74 Å². The van der Waals surface area contributed by atoms with Gasteiger partial charge in [0.1, 0.15) is 18.1 Å². The van der Waals surface area contributed by atoms with Crippen molar-refractivity contribution in [3.05, 3.63) is 53.9 Å². The Kier molecular flexibility index (Phi) is 5.98. The monoisotopic (exact) mass is 341 g/mol. The topological polar surface area (TPSA) is 56.6 Å². The van der Waals surface area contributed by atoms with Crippen molar-refractivity contribution in [3.63, 3.8) is 0 Å². The van der Waals surface area contributed by atoms with Gasteiger partial charge in [0.05, 0.1) is 13.2 Å². The lowest BCUT2D eigenvalue weighted by Crippen LogP contribution is -2.38. The van der Waals surface area contributed by atoms with E-state index in [2.05, 4.69) is 10.00 Å². The van der Waals surface area contributed by atoms with Gasteiger partial charge < -0.3 is 9.47 Å². The molecule has 1 aromatic heterocycles. The Bertz CT molecular complexity index is 716. The summed E-state index contributed by atoms with van der Waals surface area (Å²) in [7, 11) is 1.75. The summed E-state index contributed by atoms with van der Waals surface area (Å²) in [6.45, 7) is 5.12. The molecule has 0 radical (unpaired) electrons. The number of aryl methyl sites for hydroxylation is 1. The summed E-state index contributed by atoms with van der Waals surface area (Å²) < 4.78 is 12.7. The normalized spacial score (nSPS) is 15.6. The first kappa shape index (κ1) is 17.4. The van der Waals surface area contributed by atoms with Gasteiger partial charge in [0.25, 0.3) is 0 Å². The van der Waals surface area contributed by atoms with E-state index in [0.29, 0.717) is 12.3 Å². The molecule has 25 heavy (non-hydrogen) atoms. The van der Waals surface area contributed by atoms with E-state index in [1.165, 1.54) is 0 Å². The molecular weight excluding hydrogens is 318 g/mol. The molecule has 1 saturated heterocycles. The van der Waals surface area contributed by atoms with Gasteiger partial charge in [0.2, 0.25) is 5.78 Å². The van der Waals surface area contributed by atoms with Crippen LogP contribution in [0.4, 0.5) is 0 Å². The van der Waals surface area contributed by atoms with Gasteiger partial charge in [-0.25, -0.2) is 0 Å². The molecule has 0 amide bonds. The minimum Gasteiger partial charge on any atom is -0.492 e. The SMILES string of the molecule is Cn1nccc1C(=O)/C=C/c1ccc(OCCN2CCOCC2)cc1. The van der Waals surface area contributed by atoms with Gasteiger partial charge in [-0.05, 0) is 29.8 Å². The standard InChI is InChI=1S/C19H23N3O3/c1-21-18(8-9-20-21)19(23)7-4-16-2-5-17(6-3-16)25-15-12-22-10-13-24-14-11-22/h2-9H,10-15H2,1H3/b7-4+. The highest BCUT2D eigenvalue weighted by molar-refractivity contribution is 6.05. The summed E-state index contributed by atoms with van der Waals surface area (Å²) in [6.07, 6.45) is 4.97. The van der Waals surface area contributed by atoms with Crippen LogP contribution in [0.15, 0.2) is 42.6 Å². The number of rotatable bonds is 7. The maximum Gasteiger partial charge on any atom is 0.203 e. The average Bonchev–Trinajstić information content (AvgIpc) is 3.08. The van der Waals surface area contributed by atoms with Gasteiger partial charge in [0, 0.05) is 32.9 Å². The fourth-order valence-electron chi connectivity index (χ4n) is 2.67. The molecule has 0 bridgehead atoms. The number of hydrogen-bond acceptors (Lipinski definition) is 5. The first-order chi connectivity index (χ1) is 12.2. The van der Waals surface area contributed by atoms with E-state index in [9.17, 15) is 4.79 Å². The number of ether oxygens (including phenoxy) is 2. The van der Waals surface area contributed by atoms with Crippen LogP contribution in [0.25, 0.3) is 6.08 Å².